The van der Waals surface area contributed by atoms with Gasteiger partial charge in [-0.15, -0.1) is 5.10 Å². The molecule has 0 amide bonds. The third-order valence-corrected chi connectivity index (χ3v) is 4.01. The highest BCUT2D eigenvalue weighted by Crippen LogP contribution is 2.24. The van der Waals surface area contributed by atoms with Gasteiger partial charge in [0.2, 0.25) is 0 Å². The summed E-state index contributed by atoms with van der Waals surface area (Å²) in [6.07, 6.45) is 1.11. The van der Waals surface area contributed by atoms with Gasteiger partial charge in [0.25, 0.3) is 0 Å². The lowest BCUT2D eigenvalue weighted by atomic mass is 10.1. The summed E-state index contributed by atoms with van der Waals surface area (Å²) in [5.74, 6) is -0.403. The Hall–Kier alpha value is -3.54. The van der Waals surface area contributed by atoms with E-state index < -0.39 is 12.1 Å². The largest absolute Gasteiger partial charge is 0.450 e. The number of aromatic nitrogens is 4. The number of hydrogen-bond acceptors (Lipinski definition) is 5. The Labute approximate surface area is 150 Å². The van der Waals surface area contributed by atoms with Crippen LogP contribution in [0.4, 0.5) is 0 Å². The van der Waals surface area contributed by atoms with Gasteiger partial charge in [-0.1, -0.05) is 53.7 Å². The maximum atomic E-state index is 12.6. The minimum Gasteiger partial charge on any atom is -0.450 e. The highest BCUT2D eigenvalue weighted by atomic mass is 16.5. The van der Waals surface area contributed by atoms with E-state index in [0.29, 0.717) is 5.69 Å². The third-order valence-electron chi connectivity index (χ3n) is 4.01. The molecule has 2 aromatic carbocycles. The van der Waals surface area contributed by atoms with Gasteiger partial charge in [0.1, 0.15) is 12.1 Å². The fourth-order valence-corrected chi connectivity index (χ4v) is 2.78. The lowest BCUT2D eigenvalue weighted by molar-refractivity contribution is -0.148. The van der Waals surface area contributed by atoms with Gasteiger partial charge in [0.05, 0.1) is 11.2 Å². The Balaban J connectivity index is 1.58. The van der Waals surface area contributed by atoms with Gasteiger partial charge in [-0.2, -0.15) is 0 Å². The molecule has 6 nitrogen and oxygen atoms in total. The first-order valence-electron chi connectivity index (χ1n) is 8.25. The van der Waals surface area contributed by atoms with E-state index >= 15 is 0 Å². The van der Waals surface area contributed by atoms with Crippen molar-refractivity contribution in [2.75, 3.05) is 0 Å². The number of pyridine rings is 1. The zero-order valence-electron chi connectivity index (χ0n) is 13.9. The zero-order valence-corrected chi connectivity index (χ0v) is 13.9. The molecule has 2 heterocycles. The van der Waals surface area contributed by atoms with Crippen LogP contribution in [0.2, 0.25) is 0 Å². The first-order valence-corrected chi connectivity index (χ1v) is 8.25. The first-order chi connectivity index (χ1) is 12.8. The molecule has 2 aromatic heterocycles. The van der Waals surface area contributed by atoms with Crippen LogP contribution >= 0.6 is 0 Å². The lowest BCUT2D eigenvalue weighted by Crippen LogP contribution is -2.19. The van der Waals surface area contributed by atoms with Crippen LogP contribution in [0.5, 0.6) is 0 Å². The van der Waals surface area contributed by atoms with Crippen LogP contribution < -0.4 is 0 Å². The maximum Gasteiger partial charge on any atom is 0.328 e. The van der Waals surface area contributed by atoms with E-state index in [1.54, 1.807) is 6.20 Å². The number of para-hydroxylation sites is 1. The Bertz CT molecular complexity index is 976. The Morgan fingerprint density at radius 1 is 0.962 bits per heavy atom. The first kappa shape index (κ1) is 16.0. The van der Waals surface area contributed by atoms with Crippen molar-refractivity contribution in [1.82, 2.24) is 20.0 Å². The fourth-order valence-electron chi connectivity index (χ4n) is 2.78. The number of rotatable bonds is 5. The smallest absolute Gasteiger partial charge is 0.328 e. The van der Waals surface area contributed by atoms with Gasteiger partial charge in [0, 0.05) is 6.20 Å². The van der Waals surface area contributed by atoms with Crippen LogP contribution in [0.3, 0.4) is 0 Å². The van der Waals surface area contributed by atoms with Crippen LogP contribution in [0, 0.1) is 0 Å². The third kappa shape index (κ3) is 3.30. The van der Waals surface area contributed by atoms with Gasteiger partial charge in [0.15, 0.2) is 6.10 Å². The van der Waals surface area contributed by atoms with Crippen LogP contribution in [-0.2, 0) is 16.1 Å². The Kier molecular flexibility index (Phi) is 4.38. The number of carbonyl (C=O) groups excluding carboxylic acids is 1. The summed E-state index contributed by atoms with van der Waals surface area (Å²) in [5.41, 5.74) is 3.07. The molecule has 0 radical (unpaired) electrons. The molecule has 0 aliphatic carbocycles. The fraction of sp³-hybridized carbons (Fsp3) is 0.100. The Morgan fingerprint density at radius 2 is 1.73 bits per heavy atom. The molecule has 0 saturated carbocycles. The summed E-state index contributed by atoms with van der Waals surface area (Å²) in [6.45, 7) is -0.0172. The number of carbonyl (C=O) groups is 1. The lowest BCUT2D eigenvalue weighted by Gasteiger charge is -2.18. The summed E-state index contributed by atoms with van der Waals surface area (Å²) in [7, 11) is 0. The second-order valence-electron chi connectivity index (χ2n) is 5.77. The molecule has 0 fully saturated rings. The number of fused-ring (bicyclic) bond motifs is 1. The van der Waals surface area contributed by atoms with Crippen molar-refractivity contribution >= 4 is 17.0 Å². The van der Waals surface area contributed by atoms with Gasteiger partial charge in [-0.3, -0.25) is 9.78 Å². The molecule has 1 atom stereocenters. The van der Waals surface area contributed by atoms with Crippen LogP contribution in [0.1, 0.15) is 17.4 Å². The van der Waals surface area contributed by atoms with E-state index in [2.05, 4.69) is 15.3 Å². The quantitative estimate of drug-likeness (QED) is 0.520. The summed E-state index contributed by atoms with van der Waals surface area (Å²) in [5, 5.41) is 8.10. The number of hydrogen-bond donors (Lipinski definition) is 0. The van der Waals surface area contributed by atoms with E-state index in [-0.39, 0.29) is 6.54 Å². The topological polar surface area (TPSA) is 69.9 Å². The van der Waals surface area contributed by atoms with Crippen molar-refractivity contribution in [3.8, 4) is 0 Å². The molecule has 0 aliphatic rings. The van der Waals surface area contributed by atoms with Crippen molar-refractivity contribution in [2.45, 2.75) is 12.6 Å². The molecule has 6 heteroatoms. The van der Waals surface area contributed by atoms with Gasteiger partial charge in [-0.05, 0) is 29.8 Å². The standard InChI is InChI=1S/C20H16N4O2/c25-19(14-24-18-12-5-4-10-16(18)22-23-24)26-20(15-8-2-1-3-9-15)17-11-6-7-13-21-17/h1-13,20H,14H2/t20-/m0/s1. The molecule has 4 aromatic rings. The SMILES string of the molecule is O=C(Cn1nnc2ccccc21)O[C@@H](c1ccccc1)c1ccccn1. The van der Waals surface area contributed by atoms with E-state index in [1.807, 2.05) is 72.8 Å². The monoisotopic (exact) mass is 344 g/mol. The predicted octanol–water partition coefficient (Wildman–Crippen LogP) is 3.16. The van der Waals surface area contributed by atoms with E-state index in [1.165, 1.54) is 4.68 Å². The van der Waals surface area contributed by atoms with Crippen molar-refractivity contribution < 1.29 is 9.53 Å². The normalized spacial score (nSPS) is 12.0. The minimum atomic E-state index is -0.570. The van der Waals surface area contributed by atoms with Crippen molar-refractivity contribution in [2.24, 2.45) is 0 Å². The van der Waals surface area contributed by atoms with Crippen molar-refractivity contribution in [3.63, 3.8) is 0 Å². The molecule has 0 bridgehead atoms. The molecular weight excluding hydrogens is 328 g/mol. The van der Waals surface area contributed by atoms with Crippen LogP contribution in [0.15, 0.2) is 79.0 Å². The van der Waals surface area contributed by atoms with E-state index in [0.717, 1.165) is 16.6 Å². The average Bonchev–Trinajstić information content (AvgIpc) is 3.10. The molecule has 4 rings (SSSR count). The van der Waals surface area contributed by atoms with Crippen LogP contribution in [-0.4, -0.2) is 25.9 Å². The molecule has 0 aliphatic heterocycles. The number of nitrogens with zero attached hydrogens (tertiary/aromatic N) is 4. The molecular formula is C20H16N4O2. The highest BCUT2D eigenvalue weighted by molar-refractivity contribution is 5.77. The molecule has 0 saturated heterocycles. The van der Waals surface area contributed by atoms with Crippen molar-refractivity contribution in [3.05, 3.63) is 90.3 Å². The number of benzene rings is 2. The molecule has 26 heavy (non-hydrogen) atoms. The number of ether oxygens (including phenoxy) is 1. The number of esters is 1. The zero-order chi connectivity index (χ0) is 17.8. The second kappa shape index (κ2) is 7.14. The van der Waals surface area contributed by atoms with Crippen molar-refractivity contribution in [1.29, 1.82) is 0 Å². The maximum absolute atomic E-state index is 12.6. The molecule has 0 spiro atoms. The van der Waals surface area contributed by atoms with Gasteiger partial charge in [-0.25, -0.2) is 4.68 Å². The summed E-state index contributed by atoms with van der Waals surface area (Å²) in [6, 6.07) is 22.6. The molecule has 0 unspecified atom stereocenters. The second-order valence-corrected chi connectivity index (χ2v) is 5.77. The average molecular weight is 344 g/mol. The Morgan fingerprint density at radius 3 is 2.54 bits per heavy atom. The highest BCUT2D eigenvalue weighted by Gasteiger charge is 2.21. The van der Waals surface area contributed by atoms with Gasteiger partial charge >= 0.3 is 5.97 Å². The van der Waals surface area contributed by atoms with Gasteiger partial charge < -0.3 is 4.74 Å². The van der Waals surface area contributed by atoms with Crippen LogP contribution in [0.25, 0.3) is 11.0 Å². The predicted molar refractivity (Wildman–Crippen MR) is 96.1 cm³/mol. The van der Waals surface area contributed by atoms with E-state index in [9.17, 15) is 4.79 Å². The molecule has 0 N–H and O–H groups in total. The van der Waals surface area contributed by atoms with E-state index in [4.69, 9.17) is 4.74 Å². The minimum absolute atomic E-state index is 0.0172. The molecule has 128 valence electrons. The summed E-state index contributed by atoms with van der Waals surface area (Å²) < 4.78 is 7.29. The summed E-state index contributed by atoms with van der Waals surface area (Å²) in [4.78, 5) is 16.9. The summed E-state index contributed by atoms with van der Waals surface area (Å²) >= 11 is 0.